The molecule has 0 saturated carbocycles. The molecule has 0 fully saturated rings. The number of hydrogen-bond donors (Lipinski definition) is 0. The summed E-state index contributed by atoms with van der Waals surface area (Å²) in [5, 5.41) is 15.0. The number of aryl methyl sites for hydroxylation is 6. The van der Waals surface area contributed by atoms with Crippen LogP contribution in [0.1, 0.15) is 34.0 Å². The minimum absolute atomic E-state index is 0.785. The predicted molar refractivity (Wildman–Crippen MR) is 425 cm³/mol. The third kappa shape index (κ3) is 16.5. The highest BCUT2D eigenvalue weighted by atomic mass is 14.9. The molecule has 6 heterocycles. The quantitative estimate of drug-likeness (QED) is 0.160. The maximum absolute atomic E-state index is 4.59. The normalized spacial score (nSPS) is 10.6. The van der Waals surface area contributed by atoms with E-state index in [1.807, 2.05) is 121 Å². The highest BCUT2D eigenvalue weighted by molar-refractivity contribution is 6.00. The Balaban J connectivity index is 0.000000109. The summed E-state index contributed by atoms with van der Waals surface area (Å²) in [6.45, 7) is 11.9. The van der Waals surface area contributed by atoms with Gasteiger partial charge >= 0.3 is 0 Å². The standard InChI is InChI=1S/3C16H13N.3C15H12N2/c1-12-6-4-11-16(17-12)15-10-5-8-13-7-2-3-9-14(13)15;1-12-9-14(11-17-10-12)16-8-4-6-13-5-2-3-7-15(13)16;1-12-11-14(9-10-17-12)16-8-4-6-13-5-2-3-7-15(13)16;1-11-16-9-13(10-17-11)15-8-4-6-12-5-2-3-7-14(12)15;1-11-9-17-15(10-16-11)14-8-4-6-12-5-2-3-7-13(12)14;1-11-9-16-15(17-10-11)14-8-4-6-12-5-2-3-7-13(12)14/h3*2-11H,1H3;3*2-10H,1H3. The van der Waals surface area contributed by atoms with E-state index in [-0.39, 0.29) is 0 Å². The molecule has 0 amide bonds. The van der Waals surface area contributed by atoms with E-state index in [4.69, 9.17) is 0 Å². The molecule has 9 nitrogen and oxygen atoms in total. The molecule has 6 aromatic heterocycles. The lowest BCUT2D eigenvalue weighted by Gasteiger charge is -2.07. The molecule has 0 atom stereocenters. The van der Waals surface area contributed by atoms with E-state index >= 15 is 0 Å². The van der Waals surface area contributed by atoms with Crippen LogP contribution < -0.4 is 0 Å². The monoisotopic (exact) mass is 1320 g/mol. The average molecular weight is 1320 g/mol. The van der Waals surface area contributed by atoms with Gasteiger partial charge in [0.25, 0.3) is 0 Å². The van der Waals surface area contributed by atoms with Crippen molar-refractivity contribution in [2.45, 2.75) is 41.5 Å². The van der Waals surface area contributed by atoms with Crippen molar-refractivity contribution < 1.29 is 0 Å². The Bertz CT molecular complexity index is 5250. The molecule has 0 bridgehead atoms. The Hall–Kier alpha value is -13.1. The summed E-state index contributed by atoms with van der Waals surface area (Å²) in [7, 11) is 0. The van der Waals surface area contributed by atoms with Crippen molar-refractivity contribution in [3.05, 3.63) is 381 Å². The van der Waals surface area contributed by atoms with Gasteiger partial charge in [-0.25, -0.2) is 19.9 Å². The third-order valence-electron chi connectivity index (χ3n) is 17.5. The van der Waals surface area contributed by atoms with Gasteiger partial charge in [-0.2, -0.15) is 0 Å². The molecule has 0 aliphatic carbocycles. The molecule has 12 aromatic carbocycles. The molecule has 102 heavy (non-hydrogen) atoms. The molecule has 0 aliphatic rings. The predicted octanol–water partition coefficient (Wildman–Crippen LogP) is 23.4. The lowest BCUT2D eigenvalue weighted by molar-refractivity contribution is 1.06. The van der Waals surface area contributed by atoms with Gasteiger partial charge in [0.1, 0.15) is 5.82 Å². The average Bonchev–Trinajstić information content (AvgIpc) is 0.911. The molecular weight excluding hydrogens is 1240 g/mol. The van der Waals surface area contributed by atoms with Gasteiger partial charge in [-0.05, 0) is 170 Å². The lowest BCUT2D eigenvalue weighted by Crippen LogP contribution is -1.90. The van der Waals surface area contributed by atoms with Crippen molar-refractivity contribution in [2.75, 3.05) is 0 Å². The van der Waals surface area contributed by atoms with Crippen LogP contribution in [0.3, 0.4) is 0 Å². The molecule has 0 saturated heterocycles. The second-order valence-corrected chi connectivity index (χ2v) is 24.9. The Kier molecular flexibility index (Phi) is 21.5. The van der Waals surface area contributed by atoms with E-state index in [9.17, 15) is 0 Å². The lowest BCUT2D eigenvalue weighted by atomic mass is 9.99. The van der Waals surface area contributed by atoms with Gasteiger partial charge in [-0.1, -0.05) is 261 Å². The highest BCUT2D eigenvalue weighted by Gasteiger charge is 2.10. The fourth-order valence-electron chi connectivity index (χ4n) is 12.5. The molecular formula is C93H75N9. The van der Waals surface area contributed by atoms with Crippen LogP contribution in [0.2, 0.25) is 0 Å². The number of aromatic nitrogens is 9. The summed E-state index contributed by atoms with van der Waals surface area (Å²) in [5.41, 5.74) is 17.9. The number of benzene rings is 12. The zero-order valence-electron chi connectivity index (χ0n) is 57.9. The van der Waals surface area contributed by atoms with E-state index < -0.39 is 0 Å². The number of rotatable bonds is 6. The highest BCUT2D eigenvalue weighted by Crippen LogP contribution is 2.33. The largest absolute Gasteiger partial charge is 0.264 e. The van der Waals surface area contributed by atoms with Crippen LogP contribution in [0.5, 0.6) is 0 Å². The van der Waals surface area contributed by atoms with Crippen LogP contribution >= 0.6 is 0 Å². The Morgan fingerprint density at radius 3 is 1.07 bits per heavy atom. The van der Waals surface area contributed by atoms with Crippen LogP contribution in [-0.4, -0.2) is 44.9 Å². The Morgan fingerprint density at radius 2 is 0.618 bits per heavy atom. The fourth-order valence-corrected chi connectivity index (χ4v) is 12.5. The molecule has 0 unspecified atom stereocenters. The summed E-state index contributed by atoms with van der Waals surface area (Å²) < 4.78 is 0. The molecule has 18 aromatic rings. The maximum Gasteiger partial charge on any atom is 0.159 e. The van der Waals surface area contributed by atoms with Gasteiger partial charge < -0.3 is 0 Å². The van der Waals surface area contributed by atoms with Crippen molar-refractivity contribution in [2.24, 2.45) is 0 Å². The first-order chi connectivity index (χ1) is 50.1. The minimum Gasteiger partial charge on any atom is -0.264 e. The summed E-state index contributed by atoms with van der Waals surface area (Å²) in [5.74, 6) is 1.58. The van der Waals surface area contributed by atoms with Crippen LogP contribution in [0.25, 0.3) is 132 Å². The summed E-state index contributed by atoms with van der Waals surface area (Å²) in [6.07, 6.45) is 16.8. The van der Waals surface area contributed by atoms with Crippen molar-refractivity contribution in [1.29, 1.82) is 0 Å². The Labute approximate surface area is 595 Å². The molecule has 492 valence electrons. The van der Waals surface area contributed by atoms with Crippen molar-refractivity contribution in [1.82, 2.24) is 44.9 Å². The number of pyridine rings is 3. The first-order valence-electron chi connectivity index (χ1n) is 34.1. The van der Waals surface area contributed by atoms with Gasteiger partial charge in [0.15, 0.2) is 5.82 Å². The van der Waals surface area contributed by atoms with Crippen LogP contribution in [0.15, 0.2) is 347 Å². The molecule has 18 rings (SSSR count). The van der Waals surface area contributed by atoms with E-state index in [2.05, 4.69) is 307 Å². The molecule has 0 spiro atoms. The van der Waals surface area contributed by atoms with Crippen LogP contribution in [0, 0.1) is 41.5 Å². The van der Waals surface area contributed by atoms with E-state index in [1.54, 1.807) is 6.20 Å². The summed E-state index contributed by atoms with van der Waals surface area (Å²) in [4.78, 5) is 39.1. The number of fused-ring (bicyclic) bond motifs is 6. The second kappa shape index (κ2) is 32.5. The molecule has 0 aliphatic heterocycles. The van der Waals surface area contributed by atoms with E-state index in [1.165, 1.54) is 104 Å². The molecule has 9 heteroatoms. The van der Waals surface area contributed by atoms with E-state index in [0.717, 1.165) is 62.4 Å². The van der Waals surface area contributed by atoms with Gasteiger partial charge in [-0.3, -0.25) is 24.9 Å². The first-order valence-corrected chi connectivity index (χ1v) is 34.1. The maximum atomic E-state index is 4.59. The fraction of sp³-hybridized carbons (Fsp3) is 0.0645. The summed E-state index contributed by atoms with van der Waals surface area (Å²) in [6, 6.07) is 101. The zero-order chi connectivity index (χ0) is 70.0. The molecule has 0 radical (unpaired) electrons. The van der Waals surface area contributed by atoms with Gasteiger partial charge in [0.2, 0.25) is 0 Å². The zero-order valence-corrected chi connectivity index (χ0v) is 57.9. The number of hydrogen-bond acceptors (Lipinski definition) is 9. The third-order valence-corrected chi connectivity index (χ3v) is 17.5. The van der Waals surface area contributed by atoms with Crippen molar-refractivity contribution in [3.8, 4) is 67.3 Å². The second-order valence-electron chi connectivity index (χ2n) is 24.9. The first kappa shape index (κ1) is 67.5. The van der Waals surface area contributed by atoms with Gasteiger partial charge in [0.05, 0.1) is 23.3 Å². The number of nitrogens with zero attached hydrogens (tertiary/aromatic N) is 9. The van der Waals surface area contributed by atoms with Gasteiger partial charge in [-0.15, -0.1) is 0 Å². The van der Waals surface area contributed by atoms with Crippen LogP contribution in [0.4, 0.5) is 0 Å². The Morgan fingerprint density at radius 1 is 0.216 bits per heavy atom. The topological polar surface area (TPSA) is 116 Å². The van der Waals surface area contributed by atoms with Crippen molar-refractivity contribution >= 4 is 64.6 Å². The van der Waals surface area contributed by atoms with E-state index in [0.29, 0.717) is 0 Å². The summed E-state index contributed by atoms with van der Waals surface area (Å²) >= 11 is 0. The van der Waals surface area contributed by atoms with Gasteiger partial charge in [0, 0.05) is 88.8 Å². The SMILES string of the molecule is Cc1cc(-c2cccc3ccccc23)ccn1.Cc1cccc(-c2cccc3ccccc23)n1.Cc1cnc(-c2cccc3ccccc23)cn1.Cc1cnc(-c2cccc3ccccc23)nc1.Cc1cncc(-c2cccc3ccccc23)c1.Cc1ncc(-c2cccc3ccccc23)cn1. The molecule has 0 N–H and O–H groups in total. The minimum atomic E-state index is 0.785. The smallest absolute Gasteiger partial charge is 0.159 e. The van der Waals surface area contributed by atoms with Crippen LogP contribution in [-0.2, 0) is 0 Å². The van der Waals surface area contributed by atoms with Crippen molar-refractivity contribution in [3.63, 3.8) is 0 Å².